The Morgan fingerprint density at radius 3 is 2.76 bits per heavy atom. The van der Waals surface area contributed by atoms with Gasteiger partial charge < -0.3 is 9.84 Å². The normalized spacial score (nSPS) is 11.5. The Balaban J connectivity index is 2.17. The van der Waals surface area contributed by atoms with E-state index >= 15 is 0 Å². The fraction of sp³-hybridized carbons (Fsp3) is 0.143. The van der Waals surface area contributed by atoms with E-state index in [0.29, 0.717) is 16.3 Å². The van der Waals surface area contributed by atoms with Gasteiger partial charge >= 0.3 is 0 Å². The molecule has 0 saturated heterocycles. The maximum atomic E-state index is 12.1. The minimum atomic E-state index is -1.23. The topological polar surface area (TPSA) is 96.0 Å². The molecule has 0 fully saturated rings. The molecule has 7 heteroatoms. The quantitative estimate of drug-likeness (QED) is 0.875. The molecule has 0 aliphatic heterocycles. The van der Waals surface area contributed by atoms with Gasteiger partial charge in [0.25, 0.3) is 5.91 Å². The maximum Gasteiger partial charge on any atom is 0.294 e. The molecule has 2 rings (SSSR count). The molecule has 0 radical (unpaired) electrons. The highest BCUT2D eigenvalue weighted by molar-refractivity contribution is 6.43. The molecule has 1 atom stereocenters. The predicted octanol–water partition coefficient (Wildman–Crippen LogP) is 2.45. The fourth-order valence-electron chi connectivity index (χ4n) is 1.71. The van der Waals surface area contributed by atoms with Crippen LogP contribution in [0.5, 0.6) is 0 Å². The standard InChI is InChI=1S/C14H10ClN3O3/c1-8-5-12(18-21-8)17-14(20)13(19)11(7-16)9-3-2-4-10(15)6-9/h2-6,11H,1H3,(H,17,18,20)/t11-/m0/s1. The molecule has 2 aromatic rings. The number of ketones is 1. The third-order valence-electron chi connectivity index (χ3n) is 2.67. The second-order valence-electron chi connectivity index (χ2n) is 4.26. The highest BCUT2D eigenvalue weighted by atomic mass is 35.5. The van der Waals surface area contributed by atoms with Gasteiger partial charge in [-0.3, -0.25) is 9.59 Å². The summed E-state index contributed by atoms with van der Waals surface area (Å²) in [4.78, 5) is 23.9. The zero-order valence-corrected chi connectivity index (χ0v) is 11.7. The van der Waals surface area contributed by atoms with Gasteiger partial charge in [0.2, 0.25) is 5.78 Å². The van der Waals surface area contributed by atoms with Crippen molar-refractivity contribution in [1.82, 2.24) is 5.16 Å². The molecule has 1 aromatic heterocycles. The molecule has 1 heterocycles. The SMILES string of the molecule is Cc1cc(NC(=O)C(=O)[C@@H](C#N)c2cccc(Cl)c2)no1. The second kappa shape index (κ2) is 6.20. The first kappa shape index (κ1) is 14.8. The minimum Gasteiger partial charge on any atom is -0.360 e. The lowest BCUT2D eigenvalue weighted by Crippen LogP contribution is -2.27. The van der Waals surface area contributed by atoms with E-state index in [2.05, 4.69) is 10.5 Å². The highest BCUT2D eigenvalue weighted by Gasteiger charge is 2.27. The van der Waals surface area contributed by atoms with Crippen molar-refractivity contribution in [1.29, 1.82) is 5.26 Å². The number of benzene rings is 1. The number of rotatable bonds is 4. The van der Waals surface area contributed by atoms with E-state index < -0.39 is 17.6 Å². The van der Waals surface area contributed by atoms with Crippen molar-refractivity contribution in [2.24, 2.45) is 0 Å². The molecule has 1 aromatic carbocycles. The number of aryl methyl sites for hydroxylation is 1. The Kier molecular flexibility index (Phi) is 4.36. The van der Waals surface area contributed by atoms with E-state index in [0.717, 1.165) is 0 Å². The smallest absolute Gasteiger partial charge is 0.294 e. The number of carbonyl (C=O) groups excluding carboxylic acids is 2. The van der Waals surface area contributed by atoms with Gasteiger partial charge in [-0.15, -0.1) is 0 Å². The summed E-state index contributed by atoms with van der Waals surface area (Å²) in [6.07, 6.45) is 0. The van der Waals surface area contributed by atoms with Crippen LogP contribution in [0.4, 0.5) is 5.82 Å². The van der Waals surface area contributed by atoms with Crippen LogP contribution in [0.3, 0.4) is 0 Å². The molecule has 0 spiro atoms. The summed E-state index contributed by atoms with van der Waals surface area (Å²) in [5.41, 5.74) is 0.362. The lowest BCUT2D eigenvalue weighted by atomic mass is 9.96. The summed E-state index contributed by atoms with van der Waals surface area (Å²) in [5, 5.41) is 15.3. The van der Waals surface area contributed by atoms with E-state index in [-0.39, 0.29) is 5.82 Å². The van der Waals surface area contributed by atoms with E-state index in [1.54, 1.807) is 31.2 Å². The average Bonchev–Trinajstić information content (AvgIpc) is 2.85. The van der Waals surface area contributed by atoms with Gasteiger partial charge in [0, 0.05) is 11.1 Å². The Bertz CT molecular complexity index is 733. The van der Waals surface area contributed by atoms with Gasteiger partial charge in [0.05, 0.1) is 6.07 Å². The molecule has 0 saturated carbocycles. The maximum absolute atomic E-state index is 12.1. The van der Waals surface area contributed by atoms with Crippen LogP contribution in [-0.2, 0) is 9.59 Å². The summed E-state index contributed by atoms with van der Waals surface area (Å²) >= 11 is 5.82. The highest BCUT2D eigenvalue weighted by Crippen LogP contribution is 2.20. The van der Waals surface area contributed by atoms with Crippen LogP contribution >= 0.6 is 11.6 Å². The monoisotopic (exact) mass is 303 g/mol. The van der Waals surface area contributed by atoms with Gasteiger partial charge in [-0.05, 0) is 24.6 Å². The van der Waals surface area contributed by atoms with Gasteiger partial charge in [0.1, 0.15) is 11.7 Å². The predicted molar refractivity (Wildman–Crippen MR) is 74.7 cm³/mol. The van der Waals surface area contributed by atoms with Gasteiger partial charge in [-0.1, -0.05) is 28.9 Å². The van der Waals surface area contributed by atoms with Crippen LogP contribution in [0, 0.1) is 18.3 Å². The summed E-state index contributed by atoms with van der Waals surface area (Å²) in [6.45, 7) is 1.65. The Hall–Kier alpha value is -2.65. The van der Waals surface area contributed by atoms with Crippen LogP contribution < -0.4 is 5.32 Å². The minimum absolute atomic E-state index is 0.119. The molecular formula is C14H10ClN3O3. The molecular weight excluding hydrogens is 294 g/mol. The largest absolute Gasteiger partial charge is 0.360 e. The lowest BCUT2D eigenvalue weighted by molar-refractivity contribution is -0.135. The summed E-state index contributed by atoms with van der Waals surface area (Å²) < 4.78 is 4.77. The fourth-order valence-corrected chi connectivity index (χ4v) is 1.90. The number of hydrogen-bond donors (Lipinski definition) is 1. The number of nitrogens with one attached hydrogen (secondary N) is 1. The number of hydrogen-bond acceptors (Lipinski definition) is 5. The molecule has 0 unspecified atom stereocenters. The van der Waals surface area contributed by atoms with E-state index in [9.17, 15) is 9.59 Å². The van der Waals surface area contributed by atoms with Crippen LogP contribution in [0.1, 0.15) is 17.2 Å². The van der Waals surface area contributed by atoms with E-state index in [4.69, 9.17) is 21.4 Å². The molecule has 1 amide bonds. The first-order valence-electron chi connectivity index (χ1n) is 5.95. The van der Waals surface area contributed by atoms with Crippen molar-refractivity contribution >= 4 is 29.1 Å². The first-order chi connectivity index (χ1) is 10.0. The summed E-state index contributed by atoms with van der Waals surface area (Å²) in [6, 6.07) is 9.52. The van der Waals surface area contributed by atoms with Gasteiger partial charge in [-0.25, -0.2) is 0 Å². The number of amides is 1. The van der Waals surface area contributed by atoms with Gasteiger partial charge in [-0.2, -0.15) is 5.26 Å². The average molecular weight is 304 g/mol. The summed E-state index contributed by atoms with van der Waals surface area (Å²) in [7, 11) is 0. The molecule has 21 heavy (non-hydrogen) atoms. The zero-order valence-electron chi connectivity index (χ0n) is 11.0. The second-order valence-corrected chi connectivity index (χ2v) is 4.69. The third kappa shape index (κ3) is 3.46. The van der Waals surface area contributed by atoms with Crippen LogP contribution in [0.2, 0.25) is 5.02 Å². The van der Waals surface area contributed by atoms with Crippen molar-refractivity contribution in [3.63, 3.8) is 0 Å². The number of aromatic nitrogens is 1. The van der Waals surface area contributed by atoms with E-state index in [1.165, 1.54) is 12.1 Å². The molecule has 0 aliphatic rings. The first-order valence-corrected chi connectivity index (χ1v) is 6.32. The molecule has 6 nitrogen and oxygen atoms in total. The molecule has 0 bridgehead atoms. The van der Waals surface area contributed by atoms with Crippen LogP contribution in [0.25, 0.3) is 0 Å². The number of nitriles is 1. The van der Waals surface area contributed by atoms with Crippen molar-refractivity contribution in [2.75, 3.05) is 5.32 Å². The molecule has 1 N–H and O–H groups in total. The lowest BCUT2D eigenvalue weighted by Gasteiger charge is -2.08. The number of anilines is 1. The van der Waals surface area contributed by atoms with Crippen LogP contribution in [0.15, 0.2) is 34.9 Å². The third-order valence-corrected chi connectivity index (χ3v) is 2.90. The van der Waals surface area contributed by atoms with Crippen molar-refractivity contribution in [3.05, 3.63) is 46.7 Å². The van der Waals surface area contributed by atoms with E-state index in [1.807, 2.05) is 0 Å². The Morgan fingerprint density at radius 1 is 1.43 bits per heavy atom. The molecule has 0 aliphatic carbocycles. The molecule has 106 valence electrons. The van der Waals surface area contributed by atoms with Crippen molar-refractivity contribution in [2.45, 2.75) is 12.8 Å². The van der Waals surface area contributed by atoms with Crippen molar-refractivity contribution < 1.29 is 14.1 Å². The number of nitrogens with zero attached hydrogens (tertiary/aromatic N) is 2. The van der Waals surface area contributed by atoms with Crippen LogP contribution in [-0.4, -0.2) is 16.8 Å². The summed E-state index contributed by atoms with van der Waals surface area (Å²) in [5.74, 6) is -2.44. The number of Topliss-reactive ketones (excluding diaryl/α,β-unsaturated/α-hetero) is 1. The zero-order chi connectivity index (χ0) is 15.4. The number of carbonyl (C=O) groups is 2. The Morgan fingerprint density at radius 2 is 2.19 bits per heavy atom. The Labute approximate surface area is 125 Å². The van der Waals surface area contributed by atoms with Crippen molar-refractivity contribution in [3.8, 4) is 6.07 Å². The number of halogens is 1. The van der Waals surface area contributed by atoms with Gasteiger partial charge in [0.15, 0.2) is 5.82 Å².